The van der Waals surface area contributed by atoms with E-state index in [1.54, 1.807) is 67.8 Å². The lowest BCUT2D eigenvalue weighted by Gasteiger charge is -2.24. The molecule has 4 nitrogen and oxygen atoms in total. The van der Waals surface area contributed by atoms with Crippen molar-refractivity contribution < 1.29 is 18.6 Å². The first kappa shape index (κ1) is 19.7. The Morgan fingerprint density at radius 3 is 2.21 bits per heavy atom. The third kappa shape index (κ3) is 4.44. The predicted molar refractivity (Wildman–Crippen MR) is 105 cm³/mol. The van der Waals surface area contributed by atoms with Gasteiger partial charge in [0.15, 0.2) is 11.9 Å². The molecule has 0 radical (unpaired) electrons. The number of ether oxygens (including phenoxy) is 1. The van der Waals surface area contributed by atoms with Crippen LogP contribution in [0.1, 0.15) is 20.3 Å². The fourth-order valence-corrected chi connectivity index (χ4v) is 2.86. The van der Waals surface area contributed by atoms with Gasteiger partial charge in [0, 0.05) is 18.0 Å². The number of halogens is 2. The van der Waals surface area contributed by atoms with Crippen LogP contribution in [0.5, 0.6) is 11.5 Å². The number of rotatable bonds is 7. The number of alkyl halides is 2. The van der Waals surface area contributed by atoms with Gasteiger partial charge in [-0.25, -0.2) is 18.7 Å². The van der Waals surface area contributed by atoms with Gasteiger partial charge in [0.1, 0.15) is 23.8 Å². The number of nitrogens with zero attached hydrogens (tertiary/aromatic N) is 2. The molecule has 0 spiro atoms. The largest absolute Gasteiger partial charge is 0.508 e. The highest BCUT2D eigenvalue weighted by molar-refractivity contribution is 5.67. The van der Waals surface area contributed by atoms with Crippen molar-refractivity contribution >= 4 is 0 Å². The van der Waals surface area contributed by atoms with E-state index in [1.807, 2.05) is 0 Å². The van der Waals surface area contributed by atoms with Gasteiger partial charge in [-0.1, -0.05) is 31.2 Å². The summed E-state index contributed by atoms with van der Waals surface area (Å²) in [5.74, 6) is 0.919. The molecule has 1 N–H and O–H groups in total. The lowest BCUT2D eigenvalue weighted by atomic mass is 10.1. The van der Waals surface area contributed by atoms with Crippen molar-refractivity contribution in [3.05, 3.63) is 60.9 Å². The smallest absolute Gasteiger partial charge is 0.162 e. The molecule has 3 aromatic rings. The van der Waals surface area contributed by atoms with Crippen LogP contribution in [0.2, 0.25) is 0 Å². The van der Waals surface area contributed by atoms with Crippen LogP contribution in [0.4, 0.5) is 8.78 Å². The number of phenolic OH excluding ortho intramolecular Hbond substituents is 1. The molecular formula is C22H22F2N2O2. The van der Waals surface area contributed by atoms with E-state index in [0.29, 0.717) is 17.1 Å². The van der Waals surface area contributed by atoms with Crippen molar-refractivity contribution in [2.45, 2.75) is 38.7 Å². The molecular weight excluding hydrogens is 362 g/mol. The third-order valence-corrected chi connectivity index (χ3v) is 4.44. The molecule has 0 aliphatic heterocycles. The number of hydrogen-bond donors (Lipinski definition) is 1. The molecule has 3 rings (SSSR count). The first-order chi connectivity index (χ1) is 13.5. The molecule has 3 atom stereocenters. The predicted octanol–water partition coefficient (Wildman–Crippen LogP) is 5.37. The maximum Gasteiger partial charge on any atom is 0.162 e. The minimum Gasteiger partial charge on any atom is -0.508 e. The minimum atomic E-state index is -1.46. The highest BCUT2D eigenvalue weighted by Gasteiger charge is 2.28. The molecule has 1 heterocycles. The zero-order valence-corrected chi connectivity index (χ0v) is 15.7. The zero-order valence-electron chi connectivity index (χ0n) is 15.7. The van der Waals surface area contributed by atoms with Gasteiger partial charge in [-0.05, 0) is 43.2 Å². The van der Waals surface area contributed by atoms with Crippen molar-refractivity contribution in [3.8, 4) is 34.0 Å². The van der Waals surface area contributed by atoms with E-state index < -0.39 is 18.4 Å². The van der Waals surface area contributed by atoms with Gasteiger partial charge in [0.05, 0.1) is 5.56 Å². The van der Waals surface area contributed by atoms with E-state index in [-0.39, 0.29) is 12.2 Å². The highest BCUT2D eigenvalue weighted by atomic mass is 19.1. The second-order valence-electron chi connectivity index (χ2n) is 6.52. The number of hydrogen-bond acceptors (Lipinski definition) is 4. The van der Waals surface area contributed by atoms with Crippen LogP contribution in [0.3, 0.4) is 0 Å². The summed E-state index contributed by atoms with van der Waals surface area (Å²) < 4.78 is 33.7. The van der Waals surface area contributed by atoms with Crippen LogP contribution in [-0.2, 0) is 0 Å². The maximum absolute atomic E-state index is 14.1. The summed E-state index contributed by atoms with van der Waals surface area (Å²) in [4.78, 5) is 8.77. The molecule has 0 aliphatic rings. The topological polar surface area (TPSA) is 55.2 Å². The zero-order chi connectivity index (χ0) is 20.1. The van der Waals surface area contributed by atoms with Crippen molar-refractivity contribution in [1.82, 2.24) is 9.97 Å². The molecule has 0 fully saturated rings. The van der Waals surface area contributed by atoms with E-state index in [2.05, 4.69) is 9.97 Å². The molecule has 1 aromatic heterocycles. The van der Waals surface area contributed by atoms with Gasteiger partial charge in [0.25, 0.3) is 0 Å². The first-order valence-corrected chi connectivity index (χ1v) is 9.15. The van der Waals surface area contributed by atoms with Gasteiger partial charge in [-0.2, -0.15) is 0 Å². The van der Waals surface area contributed by atoms with Crippen molar-refractivity contribution in [1.29, 1.82) is 0 Å². The van der Waals surface area contributed by atoms with Crippen LogP contribution in [0.25, 0.3) is 22.5 Å². The van der Waals surface area contributed by atoms with Gasteiger partial charge >= 0.3 is 0 Å². The van der Waals surface area contributed by atoms with Crippen molar-refractivity contribution in [2.24, 2.45) is 0 Å². The van der Waals surface area contributed by atoms with E-state index in [4.69, 9.17) is 4.74 Å². The highest BCUT2D eigenvalue weighted by Crippen LogP contribution is 2.31. The molecule has 0 saturated heterocycles. The number of aromatic nitrogens is 2. The quantitative estimate of drug-likeness (QED) is 0.595. The number of benzene rings is 2. The van der Waals surface area contributed by atoms with Crippen LogP contribution in [0.15, 0.2) is 60.9 Å². The monoisotopic (exact) mass is 384 g/mol. The SMILES string of the molecule is CCC(F)C(Oc1ccccc1-c1ncc(-c2ccc(O)cc2)cn1)C(C)F. The molecule has 0 bridgehead atoms. The van der Waals surface area contributed by atoms with Gasteiger partial charge in [-0.15, -0.1) is 0 Å². The Morgan fingerprint density at radius 2 is 1.61 bits per heavy atom. The van der Waals surface area contributed by atoms with Crippen LogP contribution in [-0.4, -0.2) is 33.5 Å². The average molecular weight is 384 g/mol. The fraction of sp³-hybridized carbons (Fsp3) is 0.273. The average Bonchev–Trinajstić information content (AvgIpc) is 2.72. The molecule has 3 unspecified atom stereocenters. The Labute approximate surface area is 162 Å². The third-order valence-electron chi connectivity index (χ3n) is 4.44. The summed E-state index contributed by atoms with van der Waals surface area (Å²) in [6.07, 6.45) is -0.580. The fourth-order valence-electron chi connectivity index (χ4n) is 2.86. The Balaban J connectivity index is 1.89. The summed E-state index contributed by atoms with van der Waals surface area (Å²) in [6.45, 7) is 2.94. The molecule has 146 valence electrons. The lowest BCUT2D eigenvalue weighted by Crippen LogP contribution is -2.36. The van der Waals surface area contributed by atoms with Gasteiger partial charge in [0.2, 0.25) is 0 Å². The Kier molecular flexibility index (Phi) is 6.19. The Hall–Kier alpha value is -3.02. The second kappa shape index (κ2) is 8.78. The second-order valence-corrected chi connectivity index (χ2v) is 6.52. The lowest BCUT2D eigenvalue weighted by molar-refractivity contribution is 0.0372. The van der Waals surface area contributed by atoms with E-state index in [0.717, 1.165) is 11.1 Å². The van der Waals surface area contributed by atoms with E-state index >= 15 is 0 Å². The summed E-state index contributed by atoms with van der Waals surface area (Å²) in [5.41, 5.74) is 2.21. The Bertz CT molecular complexity index is 899. The van der Waals surface area contributed by atoms with Crippen LogP contribution in [0, 0.1) is 0 Å². The maximum atomic E-state index is 14.1. The molecule has 2 aromatic carbocycles. The summed E-state index contributed by atoms with van der Waals surface area (Å²) in [5, 5.41) is 9.40. The van der Waals surface area contributed by atoms with Gasteiger partial charge < -0.3 is 9.84 Å². The van der Waals surface area contributed by atoms with Crippen LogP contribution >= 0.6 is 0 Å². The molecule has 28 heavy (non-hydrogen) atoms. The van der Waals surface area contributed by atoms with E-state index in [1.165, 1.54) is 6.92 Å². The first-order valence-electron chi connectivity index (χ1n) is 9.15. The molecule has 0 saturated carbocycles. The van der Waals surface area contributed by atoms with Crippen molar-refractivity contribution in [2.75, 3.05) is 0 Å². The van der Waals surface area contributed by atoms with E-state index in [9.17, 15) is 13.9 Å². The normalized spacial score (nSPS) is 14.3. The van der Waals surface area contributed by atoms with Gasteiger partial charge in [-0.3, -0.25) is 0 Å². The minimum absolute atomic E-state index is 0.166. The summed E-state index contributed by atoms with van der Waals surface area (Å²) in [6, 6.07) is 13.7. The molecule has 6 heteroatoms. The van der Waals surface area contributed by atoms with Crippen LogP contribution < -0.4 is 4.74 Å². The Morgan fingerprint density at radius 1 is 0.964 bits per heavy atom. The number of phenols is 1. The summed E-state index contributed by atoms with van der Waals surface area (Å²) in [7, 11) is 0. The number of para-hydroxylation sites is 1. The summed E-state index contributed by atoms with van der Waals surface area (Å²) >= 11 is 0. The standard InChI is InChI=1S/C22H22F2N2O2/c1-3-19(24)21(14(2)23)28-20-7-5-4-6-18(20)22-25-12-16(13-26-22)15-8-10-17(27)11-9-15/h4-14,19,21,27H,3H2,1-2H3. The number of aromatic hydroxyl groups is 1. The molecule has 0 amide bonds. The van der Waals surface area contributed by atoms with Crippen molar-refractivity contribution in [3.63, 3.8) is 0 Å². The molecule has 0 aliphatic carbocycles.